The molecule has 0 bridgehead atoms. The van der Waals surface area contributed by atoms with E-state index in [2.05, 4.69) is 34.9 Å². The van der Waals surface area contributed by atoms with Gasteiger partial charge < -0.3 is 14.2 Å². The second kappa shape index (κ2) is 13.2. The van der Waals surface area contributed by atoms with Crippen molar-refractivity contribution in [1.82, 2.24) is 9.66 Å². The number of rotatable bonds is 9. The molecule has 0 aliphatic heterocycles. The fraction of sp³-hybridized carbons (Fsp3) is 0.206. The van der Waals surface area contributed by atoms with E-state index >= 15 is 0 Å². The number of halogens is 3. The van der Waals surface area contributed by atoms with Crippen LogP contribution in [0, 0.1) is 12.7 Å². The summed E-state index contributed by atoms with van der Waals surface area (Å²) in [6.45, 7) is 6.18. The van der Waals surface area contributed by atoms with Gasteiger partial charge in [0, 0.05) is 15.6 Å². The number of ether oxygens (including phenoxy) is 3. The van der Waals surface area contributed by atoms with Crippen LogP contribution in [0.15, 0.2) is 81.1 Å². The van der Waals surface area contributed by atoms with Gasteiger partial charge in [-0.2, -0.15) is 9.78 Å². The summed E-state index contributed by atoms with van der Waals surface area (Å²) in [5.41, 5.74) is 4.02. The van der Waals surface area contributed by atoms with Gasteiger partial charge in [0.2, 0.25) is 0 Å². The number of methoxy groups -OCH3 is 2. The van der Waals surface area contributed by atoms with Crippen molar-refractivity contribution in [3.63, 3.8) is 0 Å². The monoisotopic (exact) mass is 677 g/mol. The Balaban J connectivity index is 1.62. The maximum absolute atomic E-state index is 13.8. The highest BCUT2D eigenvalue weighted by molar-refractivity contribution is 9.10. The molecule has 0 aliphatic rings. The molecule has 10 heteroatoms. The molecule has 0 saturated carbocycles. The normalized spacial score (nSPS) is 11.5. The van der Waals surface area contributed by atoms with Crippen molar-refractivity contribution in [1.29, 1.82) is 0 Å². The molecular weight excluding hydrogens is 649 g/mol. The average Bonchev–Trinajstić information content (AvgIpc) is 3.01. The molecule has 0 aliphatic carbocycles. The first-order valence-electron chi connectivity index (χ1n) is 13.8. The van der Waals surface area contributed by atoms with Crippen LogP contribution in [0.2, 0.25) is 5.02 Å². The van der Waals surface area contributed by atoms with Crippen LogP contribution in [0.3, 0.4) is 0 Å². The van der Waals surface area contributed by atoms with Crippen molar-refractivity contribution < 1.29 is 18.6 Å². The number of hydrogen-bond donors (Lipinski definition) is 0. The lowest BCUT2D eigenvalue weighted by molar-refractivity contribution is 0.284. The number of aromatic nitrogens is 2. The van der Waals surface area contributed by atoms with Crippen molar-refractivity contribution in [2.24, 2.45) is 5.10 Å². The van der Waals surface area contributed by atoms with Gasteiger partial charge >= 0.3 is 0 Å². The van der Waals surface area contributed by atoms with Crippen molar-refractivity contribution in [3.8, 4) is 28.6 Å². The van der Waals surface area contributed by atoms with Gasteiger partial charge in [-0.05, 0) is 87.9 Å². The fourth-order valence-electron chi connectivity index (χ4n) is 4.86. The molecule has 0 amide bonds. The Hall–Kier alpha value is -4.21. The van der Waals surface area contributed by atoms with E-state index < -0.39 is 0 Å². The van der Waals surface area contributed by atoms with Gasteiger partial charge in [0.05, 0.1) is 31.3 Å². The molecule has 0 spiro atoms. The quantitative estimate of drug-likeness (QED) is 0.146. The maximum atomic E-state index is 13.8. The van der Waals surface area contributed by atoms with Gasteiger partial charge in [0.1, 0.15) is 23.2 Å². The zero-order chi connectivity index (χ0) is 31.5. The van der Waals surface area contributed by atoms with E-state index in [0.717, 1.165) is 22.4 Å². The van der Waals surface area contributed by atoms with Crippen LogP contribution in [0.1, 0.15) is 42.0 Å². The predicted molar refractivity (Wildman–Crippen MR) is 176 cm³/mol. The van der Waals surface area contributed by atoms with E-state index in [0.29, 0.717) is 38.1 Å². The molecule has 0 radical (unpaired) electrons. The first kappa shape index (κ1) is 31.2. The molecule has 5 aromatic rings. The minimum absolute atomic E-state index is 0.0782. The Morgan fingerprint density at radius 3 is 2.50 bits per heavy atom. The number of para-hydroxylation sites is 1. The highest BCUT2D eigenvalue weighted by atomic mass is 79.9. The minimum atomic E-state index is -0.361. The highest BCUT2D eigenvalue weighted by Crippen LogP contribution is 2.42. The summed E-state index contributed by atoms with van der Waals surface area (Å²) in [6.07, 6.45) is 1.51. The number of hydrogen-bond acceptors (Lipinski definition) is 6. The largest absolute Gasteiger partial charge is 0.496 e. The molecule has 44 heavy (non-hydrogen) atoms. The van der Waals surface area contributed by atoms with E-state index in [1.54, 1.807) is 43.5 Å². The first-order chi connectivity index (χ1) is 21.1. The fourth-order valence-corrected chi connectivity index (χ4v) is 5.51. The molecule has 5 rings (SSSR count). The summed E-state index contributed by atoms with van der Waals surface area (Å²) in [4.78, 5) is 18.7. The summed E-state index contributed by atoms with van der Waals surface area (Å²) >= 11 is 10.3. The average molecular weight is 679 g/mol. The molecule has 0 atom stereocenters. The van der Waals surface area contributed by atoms with Crippen LogP contribution in [0.4, 0.5) is 4.39 Å². The molecule has 1 aromatic heterocycles. The zero-order valence-electron chi connectivity index (χ0n) is 24.8. The van der Waals surface area contributed by atoms with Gasteiger partial charge in [-0.1, -0.05) is 49.7 Å². The van der Waals surface area contributed by atoms with Crippen LogP contribution >= 0.6 is 27.5 Å². The maximum Gasteiger partial charge on any atom is 0.282 e. The molecule has 0 unspecified atom stereocenters. The third kappa shape index (κ3) is 6.21. The summed E-state index contributed by atoms with van der Waals surface area (Å²) < 4.78 is 32.6. The molecule has 1 heterocycles. The Morgan fingerprint density at radius 1 is 1.05 bits per heavy atom. The van der Waals surface area contributed by atoms with Crippen LogP contribution in [-0.2, 0) is 6.61 Å². The van der Waals surface area contributed by atoms with Crippen LogP contribution < -0.4 is 19.8 Å². The molecule has 4 aromatic carbocycles. The molecular formula is C34H30BrClFN3O4. The van der Waals surface area contributed by atoms with Gasteiger partial charge in [-0.25, -0.2) is 9.37 Å². The van der Waals surface area contributed by atoms with Crippen LogP contribution in [-0.4, -0.2) is 30.1 Å². The Bertz CT molecular complexity index is 1960. The Labute approximate surface area is 268 Å². The third-order valence-electron chi connectivity index (χ3n) is 7.15. The molecule has 0 N–H and O–H groups in total. The molecule has 0 saturated heterocycles. The predicted octanol–water partition coefficient (Wildman–Crippen LogP) is 8.53. The number of aryl methyl sites for hydroxylation is 1. The number of fused-ring (bicyclic) bond motifs is 1. The van der Waals surface area contributed by atoms with Gasteiger partial charge in [-0.15, -0.1) is 0 Å². The standard InChI is InChI=1S/C34H30BrClFN3O4/c1-19(2)25-16-26(20(3)13-28(25)42-4)33-39-27-12-7-6-11-24(27)34(41)40(33)38-17-22-15-29(43-5)32(31(36)30(22)35)44-18-21-9-8-10-23(37)14-21/h6-17,19H,18H2,1-5H3. The molecule has 226 valence electrons. The van der Waals surface area contributed by atoms with Crippen molar-refractivity contribution in [2.45, 2.75) is 33.3 Å². The van der Waals surface area contributed by atoms with Crippen LogP contribution in [0.5, 0.6) is 17.2 Å². The van der Waals surface area contributed by atoms with Crippen molar-refractivity contribution in [3.05, 3.63) is 115 Å². The zero-order valence-corrected chi connectivity index (χ0v) is 27.2. The number of nitrogens with zero attached hydrogens (tertiary/aromatic N) is 3. The second-order valence-corrected chi connectivity index (χ2v) is 11.6. The Kier molecular flexibility index (Phi) is 9.36. The summed E-state index contributed by atoms with van der Waals surface area (Å²) in [7, 11) is 3.13. The van der Waals surface area contributed by atoms with Gasteiger partial charge in [0.25, 0.3) is 5.56 Å². The Morgan fingerprint density at radius 2 is 1.80 bits per heavy atom. The summed E-state index contributed by atoms with van der Waals surface area (Å²) in [5.74, 6) is 1.58. The lowest BCUT2D eigenvalue weighted by Crippen LogP contribution is -2.21. The second-order valence-electron chi connectivity index (χ2n) is 10.4. The number of benzene rings is 4. The SMILES string of the molecule is COc1cc(C)c(-c2nc3ccccc3c(=O)n2N=Cc2cc(OC)c(OCc3cccc(F)c3)c(Cl)c2Br)cc1C(C)C. The van der Waals surface area contributed by atoms with Crippen molar-refractivity contribution in [2.75, 3.05) is 14.2 Å². The third-order valence-corrected chi connectivity index (χ3v) is 8.60. The van der Waals surface area contributed by atoms with E-state index in [1.165, 1.54) is 30.1 Å². The van der Waals surface area contributed by atoms with E-state index in [4.69, 9.17) is 30.8 Å². The van der Waals surface area contributed by atoms with Crippen LogP contribution in [0.25, 0.3) is 22.3 Å². The lowest BCUT2D eigenvalue weighted by atomic mass is 9.96. The van der Waals surface area contributed by atoms with E-state index in [1.807, 2.05) is 25.1 Å². The summed E-state index contributed by atoms with van der Waals surface area (Å²) in [5, 5.41) is 5.29. The topological polar surface area (TPSA) is 74.9 Å². The van der Waals surface area contributed by atoms with Gasteiger partial charge in [0.15, 0.2) is 17.3 Å². The lowest BCUT2D eigenvalue weighted by Gasteiger charge is -2.17. The summed E-state index contributed by atoms with van der Waals surface area (Å²) in [6, 6.07) is 18.9. The highest BCUT2D eigenvalue weighted by Gasteiger charge is 2.20. The molecule has 0 fully saturated rings. The minimum Gasteiger partial charge on any atom is -0.496 e. The van der Waals surface area contributed by atoms with Crippen molar-refractivity contribution >= 4 is 44.6 Å². The first-order valence-corrected chi connectivity index (χ1v) is 15.0. The van der Waals surface area contributed by atoms with Gasteiger partial charge in [-0.3, -0.25) is 4.79 Å². The molecule has 7 nitrogen and oxygen atoms in total. The van der Waals surface area contributed by atoms with E-state index in [9.17, 15) is 9.18 Å². The smallest absolute Gasteiger partial charge is 0.282 e. The van der Waals surface area contributed by atoms with E-state index in [-0.39, 0.29) is 34.7 Å².